The van der Waals surface area contributed by atoms with Crippen molar-refractivity contribution in [3.05, 3.63) is 30.1 Å². The third kappa shape index (κ3) is 3.25. The van der Waals surface area contributed by atoms with Crippen LogP contribution in [0.5, 0.6) is 0 Å². The van der Waals surface area contributed by atoms with E-state index < -0.39 is 11.6 Å². The van der Waals surface area contributed by atoms with Gasteiger partial charge in [0.25, 0.3) is 5.91 Å². The average molecular weight is 347 g/mol. The van der Waals surface area contributed by atoms with Crippen LogP contribution in [0.1, 0.15) is 31.2 Å². The summed E-state index contributed by atoms with van der Waals surface area (Å²) >= 11 is 0. The molecule has 6 nitrogen and oxygen atoms in total. The minimum Gasteiger partial charge on any atom is -0.376 e. The average Bonchev–Trinajstić information content (AvgIpc) is 3.21. The second kappa shape index (κ2) is 6.37. The fourth-order valence-corrected chi connectivity index (χ4v) is 3.79. The van der Waals surface area contributed by atoms with E-state index in [-0.39, 0.29) is 30.5 Å². The molecule has 3 aliphatic rings. The van der Waals surface area contributed by atoms with Crippen LogP contribution in [0.4, 0.5) is 4.39 Å². The van der Waals surface area contributed by atoms with E-state index in [2.05, 4.69) is 10.3 Å². The highest BCUT2D eigenvalue weighted by atomic mass is 19.1. The zero-order valence-corrected chi connectivity index (χ0v) is 14.0. The van der Waals surface area contributed by atoms with Crippen LogP contribution in [-0.4, -0.2) is 52.7 Å². The van der Waals surface area contributed by atoms with E-state index in [1.54, 1.807) is 17.3 Å². The molecule has 0 aromatic carbocycles. The SMILES string of the molecule is O=C(NCc1cccnc1)[C@@H]1C[C@H]2OCC[C@H]2N(C(=O)C2(F)CC2)C1. The molecular weight excluding hydrogens is 325 g/mol. The molecular formula is C18H22FN3O3. The molecule has 7 heteroatoms. The van der Waals surface area contributed by atoms with Crippen molar-refractivity contribution in [3.63, 3.8) is 0 Å². The fourth-order valence-electron chi connectivity index (χ4n) is 3.79. The molecule has 2 aliphatic heterocycles. The van der Waals surface area contributed by atoms with Crippen LogP contribution in [0, 0.1) is 5.92 Å². The van der Waals surface area contributed by atoms with Crippen molar-refractivity contribution in [3.8, 4) is 0 Å². The molecule has 3 fully saturated rings. The molecule has 1 N–H and O–H groups in total. The van der Waals surface area contributed by atoms with Crippen molar-refractivity contribution < 1.29 is 18.7 Å². The first-order valence-electron chi connectivity index (χ1n) is 8.85. The van der Waals surface area contributed by atoms with Crippen molar-refractivity contribution in [1.29, 1.82) is 0 Å². The van der Waals surface area contributed by atoms with E-state index in [1.165, 1.54) is 0 Å². The highest BCUT2D eigenvalue weighted by Crippen LogP contribution is 2.44. The standard InChI is InChI=1S/C18H22FN3O3/c19-18(4-5-18)17(24)22-11-13(8-15-14(22)3-7-25-15)16(23)21-10-12-2-1-6-20-9-12/h1-2,6,9,13-15H,3-5,7-8,10-11H2,(H,21,23)/t13-,14-,15-/m1/s1. The van der Waals surface area contributed by atoms with Gasteiger partial charge in [0.1, 0.15) is 0 Å². The Labute approximate surface area is 145 Å². The summed E-state index contributed by atoms with van der Waals surface area (Å²) in [6.45, 7) is 1.22. The first-order valence-corrected chi connectivity index (χ1v) is 8.85. The van der Waals surface area contributed by atoms with E-state index in [9.17, 15) is 14.0 Å². The molecule has 1 aliphatic carbocycles. The van der Waals surface area contributed by atoms with Gasteiger partial charge in [0.05, 0.1) is 18.1 Å². The number of fused-ring (bicyclic) bond motifs is 1. The number of hydrogen-bond donors (Lipinski definition) is 1. The van der Waals surface area contributed by atoms with Crippen molar-refractivity contribution in [2.24, 2.45) is 5.92 Å². The van der Waals surface area contributed by atoms with Gasteiger partial charge in [-0.05, 0) is 37.3 Å². The Morgan fingerprint density at radius 1 is 1.44 bits per heavy atom. The maximum absolute atomic E-state index is 14.3. The zero-order valence-electron chi connectivity index (χ0n) is 14.0. The predicted octanol–water partition coefficient (Wildman–Crippen LogP) is 1.21. The summed E-state index contributed by atoms with van der Waals surface area (Å²) in [6, 6.07) is 3.61. The minimum atomic E-state index is -1.71. The highest BCUT2D eigenvalue weighted by molar-refractivity contribution is 5.89. The van der Waals surface area contributed by atoms with Crippen LogP contribution in [0.3, 0.4) is 0 Å². The Morgan fingerprint density at radius 3 is 3.00 bits per heavy atom. The number of likely N-dealkylation sites (tertiary alicyclic amines) is 1. The van der Waals surface area contributed by atoms with Crippen molar-refractivity contribution in [1.82, 2.24) is 15.2 Å². The molecule has 25 heavy (non-hydrogen) atoms. The topological polar surface area (TPSA) is 71.5 Å². The lowest BCUT2D eigenvalue weighted by Crippen LogP contribution is -2.57. The second-order valence-corrected chi connectivity index (χ2v) is 7.20. The monoisotopic (exact) mass is 347 g/mol. The van der Waals surface area contributed by atoms with Gasteiger partial charge in [0.2, 0.25) is 5.91 Å². The van der Waals surface area contributed by atoms with Gasteiger partial charge in [0.15, 0.2) is 5.67 Å². The van der Waals surface area contributed by atoms with Crippen molar-refractivity contribution in [2.45, 2.75) is 50.0 Å². The Kier molecular flexibility index (Phi) is 4.19. The number of amides is 2. The van der Waals surface area contributed by atoms with Gasteiger partial charge in [-0.15, -0.1) is 0 Å². The second-order valence-electron chi connectivity index (χ2n) is 7.20. The maximum Gasteiger partial charge on any atom is 0.260 e. The number of rotatable bonds is 4. The van der Waals surface area contributed by atoms with E-state index in [0.717, 1.165) is 12.0 Å². The van der Waals surface area contributed by atoms with Gasteiger partial charge in [-0.25, -0.2) is 4.39 Å². The first kappa shape index (κ1) is 16.4. The van der Waals surface area contributed by atoms with E-state index in [0.29, 0.717) is 32.4 Å². The Bertz CT molecular complexity index is 665. The van der Waals surface area contributed by atoms with Crippen LogP contribution in [-0.2, 0) is 20.9 Å². The first-order chi connectivity index (χ1) is 12.1. The summed E-state index contributed by atoms with van der Waals surface area (Å²) < 4.78 is 20.0. The molecule has 1 aromatic rings. The van der Waals surface area contributed by atoms with E-state index >= 15 is 0 Å². The van der Waals surface area contributed by atoms with Crippen LogP contribution in [0.15, 0.2) is 24.5 Å². The summed E-state index contributed by atoms with van der Waals surface area (Å²) in [6.07, 6.45) is 5.08. The summed E-state index contributed by atoms with van der Waals surface area (Å²) in [7, 11) is 0. The van der Waals surface area contributed by atoms with Crippen LogP contribution < -0.4 is 5.32 Å². The smallest absolute Gasteiger partial charge is 0.260 e. The molecule has 2 amide bonds. The van der Waals surface area contributed by atoms with Crippen LogP contribution in [0.25, 0.3) is 0 Å². The van der Waals surface area contributed by atoms with E-state index in [1.807, 2.05) is 12.1 Å². The quantitative estimate of drug-likeness (QED) is 0.889. The lowest BCUT2D eigenvalue weighted by molar-refractivity contribution is -0.148. The van der Waals surface area contributed by atoms with Gasteiger partial charge >= 0.3 is 0 Å². The number of nitrogens with zero attached hydrogens (tertiary/aromatic N) is 2. The number of halogens is 1. The number of hydrogen-bond acceptors (Lipinski definition) is 4. The lowest BCUT2D eigenvalue weighted by atomic mass is 9.89. The molecule has 0 bridgehead atoms. The Morgan fingerprint density at radius 2 is 2.28 bits per heavy atom. The highest BCUT2D eigenvalue weighted by Gasteiger charge is 2.56. The molecule has 0 unspecified atom stereocenters. The van der Waals surface area contributed by atoms with E-state index in [4.69, 9.17) is 4.74 Å². The van der Waals surface area contributed by atoms with Gasteiger partial charge in [-0.3, -0.25) is 14.6 Å². The Balaban J connectivity index is 1.43. The number of carbonyl (C=O) groups excluding carboxylic acids is 2. The van der Waals surface area contributed by atoms with Crippen LogP contribution >= 0.6 is 0 Å². The predicted molar refractivity (Wildman–Crippen MR) is 87.1 cm³/mol. The number of piperidine rings is 1. The Hall–Kier alpha value is -2.02. The molecule has 0 radical (unpaired) electrons. The number of ether oxygens (including phenoxy) is 1. The molecule has 1 saturated carbocycles. The number of nitrogens with one attached hydrogen (secondary N) is 1. The largest absolute Gasteiger partial charge is 0.376 e. The summed E-state index contributed by atoms with van der Waals surface area (Å²) in [5.41, 5.74) is -0.795. The third-order valence-corrected chi connectivity index (χ3v) is 5.40. The minimum absolute atomic E-state index is 0.0944. The molecule has 1 aromatic heterocycles. The molecule has 3 atom stereocenters. The molecule has 0 spiro atoms. The lowest BCUT2D eigenvalue weighted by Gasteiger charge is -2.40. The summed E-state index contributed by atoms with van der Waals surface area (Å²) in [5, 5.41) is 2.90. The molecule has 134 valence electrons. The summed E-state index contributed by atoms with van der Waals surface area (Å²) in [4.78, 5) is 30.7. The normalized spacial score (nSPS) is 29.8. The maximum atomic E-state index is 14.3. The number of carbonyl (C=O) groups is 2. The van der Waals surface area contributed by atoms with Gasteiger partial charge < -0.3 is 15.0 Å². The van der Waals surface area contributed by atoms with Crippen molar-refractivity contribution >= 4 is 11.8 Å². The van der Waals surface area contributed by atoms with Crippen LogP contribution in [0.2, 0.25) is 0 Å². The van der Waals surface area contributed by atoms with Gasteiger partial charge in [-0.1, -0.05) is 6.07 Å². The molecule has 3 heterocycles. The van der Waals surface area contributed by atoms with Gasteiger partial charge in [-0.2, -0.15) is 0 Å². The number of alkyl halides is 1. The third-order valence-electron chi connectivity index (χ3n) is 5.40. The molecule has 2 saturated heterocycles. The zero-order chi connectivity index (χ0) is 17.4. The van der Waals surface area contributed by atoms with Gasteiger partial charge in [0, 0.05) is 32.1 Å². The molecule has 4 rings (SSSR count). The number of pyridine rings is 1. The summed E-state index contributed by atoms with van der Waals surface area (Å²) in [5.74, 6) is -0.959. The number of aromatic nitrogens is 1. The van der Waals surface area contributed by atoms with Crippen molar-refractivity contribution in [2.75, 3.05) is 13.2 Å². The fraction of sp³-hybridized carbons (Fsp3) is 0.611.